The molecular formula is C18H19FN4O3S. The lowest BCUT2D eigenvalue weighted by atomic mass is 10.0. The molecule has 1 aliphatic rings. The van der Waals surface area contributed by atoms with Gasteiger partial charge in [0.2, 0.25) is 0 Å². The molecule has 1 saturated carbocycles. The Hall–Kier alpha value is -2.65. The molecule has 0 spiro atoms. The fourth-order valence-electron chi connectivity index (χ4n) is 3.35. The number of thiophene rings is 1. The Morgan fingerprint density at radius 2 is 2.11 bits per heavy atom. The molecule has 1 unspecified atom stereocenters. The van der Waals surface area contributed by atoms with Crippen molar-refractivity contribution in [2.24, 2.45) is 5.73 Å². The van der Waals surface area contributed by atoms with Gasteiger partial charge >= 0.3 is 5.69 Å². The minimum Gasteiger partial charge on any atom is -0.494 e. The number of nitrogens with two attached hydrogens (primary N) is 2. The second-order valence-electron chi connectivity index (χ2n) is 6.75. The van der Waals surface area contributed by atoms with Gasteiger partial charge in [0, 0.05) is 17.0 Å². The van der Waals surface area contributed by atoms with Crippen LogP contribution in [0.1, 0.15) is 36.7 Å². The van der Waals surface area contributed by atoms with Gasteiger partial charge in [0.1, 0.15) is 5.52 Å². The van der Waals surface area contributed by atoms with Gasteiger partial charge in [-0.3, -0.25) is 14.3 Å². The second kappa shape index (κ2) is 6.21. The van der Waals surface area contributed by atoms with E-state index in [1.165, 1.54) is 23.0 Å². The number of nitrogen functional groups attached to an aromatic ring is 1. The van der Waals surface area contributed by atoms with Crippen LogP contribution in [0.2, 0.25) is 0 Å². The first-order chi connectivity index (χ1) is 12.8. The predicted octanol–water partition coefficient (Wildman–Crippen LogP) is 2.50. The average molecular weight is 390 g/mol. The molecule has 0 amide bonds. The molecule has 1 aromatic carbocycles. The molecule has 1 atom stereocenters. The third-order valence-corrected chi connectivity index (χ3v) is 5.92. The monoisotopic (exact) mass is 390 g/mol. The molecule has 1 aliphatic carbocycles. The molecule has 4 rings (SSSR count). The fourth-order valence-corrected chi connectivity index (χ4v) is 4.20. The first-order valence-electron chi connectivity index (χ1n) is 8.53. The SMILES string of the molecule is COc1c(-c2csc(C(C)N)c2)c(F)c(N)c2c(=O)[nH]c(=O)n(C3CC3)c12. The minimum absolute atomic E-state index is 0.0643. The van der Waals surface area contributed by atoms with E-state index in [2.05, 4.69) is 4.98 Å². The lowest BCUT2D eigenvalue weighted by Gasteiger charge is -2.18. The number of benzene rings is 1. The number of nitrogens with zero attached hydrogens (tertiary/aromatic N) is 1. The van der Waals surface area contributed by atoms with E-state index in [0.29, 0.717) is 5.56 Å². The van der Waals surface area contributed by atoms with Crippen molar-refractivity contribution in [2.75, 3.05) is 12.8 Å². The topological polar surface area (TPSA) is 116 Å². The number of H-pyrrole nitrogens is 1. The number of hydrogen-bond donors (Lipinski definition) is 3. The molecule has 3 aromatic rings. The number of methoxy groups -OCH3 is 1. The number of fused-ring (bicyclic) bond motifs is 1. The maximum Gasteiger partial charge on any atom is 0.329 e. The number of halogens is 1. The van der Waals surface area contributed by atoms with Crippen molar-refractivity contribution in [3.63, 3.8) is 0 Å². The molecule has 142 valence electrons. The van der Waals surface area contributed by atoms with Gasteiger partial charge in [-0.05, 0) is 36.8 Å². The molecular weight excluding hydrogens is 371 g/mol. The summed E-state index contributed by atoms with van der Waals surface area (Å²) in [4.78, 5) is 27.9. The van der Waals surface area contributed by atoms with E-state index in [1.807, 2.05) is 6.92 Å². The number of ether oxygens (including phenoxy) is 1. The van der Waals surface area contributed by atoms with Gasteiger partial charge in [-0.25, -0.2) is 9.18 Å². The largest absolute Gasteiger partial charge is 0.494 e. The molecule has 5 N–H and O–H groups in total. The van der Waals surface area contributed by atoms with Crippen molar-refractivity contribution in [1.82, 2.24) is 9.55 Å². The van der Waals surface area contributed by atoms with Gasteiger partial charge < -0.3 is 16.2 Å². The molecule has 0 bridgehead atoms. The van der Waals surface area contributed by atoms with E-state index < -0.39 is 17.1 Å². The summed E-state index contributed by atoms with van der Waals surface area (Å²) in [5.74, 6) is -0.624. The van der Waals surface area contributed by atoms with E-state index in [9.17, 15) is 9.59 Å². The Kier molecular flexibility index (Phi) is 4.08. The first kappa shape index (κ1) is 17.7. The quantitative estimate of drug-likeness (QED) is 0.592. The van der Waals surface area contributed by atoms with Crippen LogP contribution in [0.4, 0.5) is 10.1 Å². The molecule has 27 heavy (non-hydrogen) atoms. The fraction of sp³-hybridized carbons (Fsp3) is 0.333. The van der Waals surface area contributed by atoms with Gasteiger partial charge in [-0.2, -0.15) is 0 Å². The summed E-state index contributed by atoms with van der Waals surface area (Å²) in [6, 6.07) is 1.50. The lowest BCUT2D eigenvalue weighted by Crippen LogP contribution is -2.31. The van der Waals surface area contributed by atoms with Gasteiger partial charge in [0.15, 0.2) is 11.6 Å². The number of anilines is 1. The molecule has 2 heterocycles. The molecule has 0 saturated heterocycles. The second-order valence-corrected chi connectivity index (χ2v) is 7.69. The zero-order chi connectivity index (χ0) is 19.5. The van der Waals surface area contributed by atoms with Crippen LogP contribution in [0, 0.1) is 5.82 Å². The Labute approximate surface area is 157 Å². The van der Waals surface area contributed by atoms with Crippen molar-refractivity contribution < 1.29 is 9.13 Å². The normalized spacial score (nSPS) is 15.3. The van der Waals surface area contributed by atoms with E-state index in [4.69, 9.17) is 16.2 Å². The smallest absolute Gasteiger partial charge is 0.329 e. The Morgan fingerprint density at radius 3 is 2.67 bits per heavy atom. The highest BCUT2D eigenvalue weighted by molar-refractivity contribution is 7.10. The standard InChI is InChI=1S/C18H19FN4O3S/c1-7(20)10-5-8(6-27-10)11-13(19)14(21)12-15(16(11)26-2)23(9-3-4-9)18(25)22-17(12)24/h5-7,9H,3-4,20-21H2,1-2H3,(H,22,24,25). The van der Waals surface area contributed by atoms with Crippen LogP contribution in [0.3, 0.4) is 0 Å². The van der Waals surface area contributed by atoms with Crippen molar-refractivity contribution in [3.8, 4) is 16.9 Å². The van der Waals surface area contributed by atoms with Crippen molar-refractivity contribution in [2.45, 2.75) is 31.8 Å². The lowest BCUT2D eigenvalue weighted by molar-refractivity contribution is 0.415. The Balaban J connectivity index is 2.17. The summed E-state index contributed by atoms with van der Waals surface area (Å²) in [6.07, 6.45) is 1.59. The van der Waals surface area contributed by atoms with Crippen LogP contribution in [0.15, 0.2) is 21.0 Å². The molecule has 0 radical (unpaired) electrons. The average Bonchev–Trinajstić information content (AvgIpc) is 3.32. The van der Waals surface area contributed by atoms with Crippen LogP contribution in [0.25, 0.3) is 22.0 Å². The summed E-state index contributed by atoms with van der Waals surface area (Å²) in [5, 5.41) is 1.69. The highest BCUT2D eigenvalue weighted by Crippen LogP contribution is 2.45. The van der Waals surface area contributed by atoms with Crippen molar-refractivity contribution in [1.29, 1.82) is 0 Å². The number of aromatic amines is 1. The molecule has 7 nitrogen and oxygen atoms in total. The summed E-state index contributed by atoms with van der Waals surface area (Å²) < 4.78 is 22.2. The Morgan fingerprint density at radius 1 is 1.41 bits per heavy atom. The minimum atomic E-state index is -0.750. The third-order valence-electron chi connectivity index (χ3n) is 4.78. The zero-order valence-corrected chi connectivity index (χ0v) is 15.7. The number of rotatable bonds is 4. The summed E-state index contributed by atoms with van der Waals surface area (Å²) in [5.41, 5.74) is 11.2. The molecule has 0 aliphatic heterocycles. The maximum atomic E-state index is 15.2. The van der Waals surface area contributed by atoms with Gasteiger partial charge in [0.05, 0.1) is 23.7 Å². The summed E-state index contributed by atoms with van der Waals surface area (Å²) in [6.45, 7) is 1.84. The van der Waals surface area contributed by atoms with Crippen molar-refractivity contribution >= 4 is 27.9 Å². The number of aromatic nitrogens is 2. The predicted molar refractivity (Wildman–Crippen MR) is 104 cm³/mol. The zero-order valence-electron chi connectivity index (χ0n) is 14.8. The van der Waals surface area contributed by atoms with Crippen LogP contribution >= 0.6 is 11.3 Å². The highest BCUT2D eigenvalue weighted by Gasteiger charge is 2.32. The highest BCUT2D eigenvalue weighted by atomic mass is 32.1. The van der Waals surface area contributed by atoms with E-state index in [1.54, 1.807) is 11.4 Å². The van der Waals surface area contributed by atoms with Crippen LogP contribution in [-0.4, -0.2) is 16.7 Å². The van der Waals surface area contributed by atoms with Gasteiger partial charge in [-0.15, -0.1) is 11.3 Å². The number of hydrogen-bond acceptors (Lipinski definition) is 6. The summed E-state index contributed by atoms with van der Waals surface area (Å²) >= 11 is 1.40. The Bertz CT molecular complexity index is 1170. The van der Waals surface area contributed by atoms with Gasteiger partial charge in [0.25, 0.3) is 5.56 Å². The molecule has 2 aromatic heterocycles. The van der Waals surface area contributed by atoms with Gasteiger partial charge in [-0.1, -0.05) is 0 Å². The maximum absolute atomic E-state index is 15.2. The molecule has 1 fully saturated rings. The third kappa shape index (κ3) is 2.65. The van der Waals surface area contributed by atoms with E-state index in [0.717, 1.165) is 17.7 Å². The van der Waals surface area contributed by atoms with Crippen LogP contribution in [0.5, 0.6) is 5.75 Å². The first-order valence-corrected chi connectivity index (χ1v) is 9.41. The van der Waals surface area contributed by atoms with E-state index in [-0.39, 0.29) is 40.0 Å². The van der Waals surface area contributed by atoms with Crippen LogP contribution < -0.4 is 27.5 Å². The molecule has 9 heteroatoms. The van der Waals surface area contributed by atoms with Crippen LogP contribution in [-0.2, 0) is 0 Å². The summed E-state index contributed by atoms with van der Waals surface area (Å²) in [7, 11) is 1.38. The van der Waals surface area contributed by atoms with Crippen molar-refractivity contribution in [3.05, 3.63) is 43.0 Å². The number of nitrogens with one attached hydrogen (secondary N) is 1. The van der Waals surface area contributed by atoms with E-state index >= 15 is 4.39 Å².